The van der Waals surface area contributed by atoms with Crippen molar-refractivity contribution in [1.82, 2.24) is 0 Å². The van der Waals surface area contributed by atoms with Crippen LogP contribution in [0.3, 0.4) is 0 Å². The van der Waals surface area contributed by atoms with Crippen molar-refractivity contribution < 1.29 is 19.3 Å². The van der Waals surface area contributed by atoms with E-state index in [9.17, 15) is 10.4 Å². The van der Waals surface area contributed by atoms with Crippen molar-refractivity contribution >= 4 is 11.6 Å². The molecule has 0 unspecified atom stereocenters. The first-order valence-electron chi connectivity index (χ1n) is 9.46. The predicted molar refractivity (Wildman–Crippen MR) is 116 cm³/mol. The number of halogens is 1. The van der Waals surface area contributed by atoms with Gasteiger partial charge in [-0.2, -0.15) is 5.26 Å². The van der Waals surface area contributed by atoms with Crippen LogP contribution >= 0.6 is 11.6 Å². The number of methoxy groups -OCH3 is 1. The van der Waals surface area contributed by atoms with Gasteiger partial charge in [0, 0.05) is 16.7 Å². The molecule has 3 aromatic rings. The largest absolute Gasteiger partial charge is 0.508 e. The summed E-state index contributed by atoms with van der Waals surface area (Å²) in [5.74, 6) is 1.09. The molecular weight excluding hydrogens is 416 g/mol. The molecule has 31 heavy (non-hydrogen) atoms. The maximum Gasteiger partial charge on any atom is 0.205 e. The Labute approximate surface area is 184 Å². The summed E-state index contributed by atoms with van der Waals surface area (Å²) < 4.78 is 17.0. The summed E-state index contributed by atoms with van der Waals surface area (Å²) in [7, 11) is 1.56. The second kappa shape index (κ2) is 8.50. The molecule has 0 aromatic heterocycles. The summed E-state index contributed by atoms with van der Waals surface area (Å²) in [5.41, 5.74) is 8.75. The zero-order chi connectivity index (χ0) is 22.0. The molecule has 4 rings (SSSR count). The molecule has 3 aromatic carbocycles. The van der Waals surface area contributed by atoms with Gasteiger partial charge in [-0.1, -0.05) is 35.9 Å². The van der Waals surface area contributed by atoms with Crippen LogP contribution in [0.2, 0.25) is 5.02 Å². The first kappa shape index (κ1) is 20.5. The van der Waals surface area contributed by atoms with Gasteiger partial charge in [-0.25, -0.2) is 0 Å². The van der Waals surface area contributed by atoms with E-state index in [1.165, 1.54) is 6.07 Å². The van der Waals surface area contributed by atoms with Gasteiger partial charge in [0.15, 0.2) is 11.5 Å². The van der Waals surface area contributed by atoms with Crippen LogP contribution < -0.4 is 19.9 Å². The minimum absolute atomic E-state index is 0.00707. The first-order valence-corrected chi connectivity index (χ1v) is 9.83. The lowest BCUT2D eigenvalue weighted by Crippen LogP contribution is -2.21. The van der Waals surface area contributed by atoms with Crippen LogP contribution in [0.25, 0.3) is 0 Å². The highest BCUT2D eigenvalue weighted by Gasteiger charge is 2.31. The van der Waals surface area contributed by atoms with E-state index in [2.05, 4.69) is 6.07 Å². The maximum atomic E-state index is 9.80. The van der Waals surface area contributed by atoms with Crippen molar-refractivity contribution in [3.63, 3.8) is 0 Å². The van der Waals surface area contributed by atoms with Crippen LogP contribution in [0.5, 0.6) is 23.0 Å². The Morgan fingerprint density at radius 1 is 1.10 bits per heavy atom. The van der Waals surface area contributed by atoms with Gasteiger partial charge >= 0.3 is 0 Å². The Morgan fingerprint density at radius 2 is 1.87 bits per heavy atom. The van der Waals surface area contributed by atoms with E-state index < -0.39 is 5.92 Å². The van der Waals surface area contributed by atoms with Crippen LogP contribution in [0.15, 0.2) is 72.1 Å². The molecule has 0 amide bonds. The third kappa shape index (κ3) is 4.09. The number of hydrogen-bond donors (Lipinski definition) is 2. The summed E-state index contributed by atoms with van der Waals surface area (Å²) in [6, 6.07) is 19.8. The smallest absolute Gasteiger partial charge is 0.205 e. The number of nitriles is 1. The molecule has 0 spiro atoms. The van der Waals surface area contributed by atoms with E-state index in [0.29, 0.717) is 28.9 Å². The normalized spacial score (nSPS) is 14.9. The predicted octanol–water partition coefficient (Wildman–Crippen LogP) is 4.85. The molecule has 1 aliphatic heterocycles. The van der Waals surface area contributed by atoms with Crippen molar-refractivity contribution in [3.8, 4) is 29.1 Å². The van der Waals surface area contributed by atoms with E-state index in [1.54, 1.807) is 37.4 Å². The Hall–Kier alpha value is -3.82. The average Bonchev–Trinajstić information content (AvgIpc) is 2.77. The van der Waals surface area contributed by atoms with Crippen LogP contribution in [0, 0.1) is 11.3 Å². The number of phenolic OH excluding ortho intramolecular Hbond substituents is 1. The number of phenols is 1. The number of allylic oxidation sites excluding steroid dienone is 1. The highest BCUT2D eigenvalue weighted by Crippen LogP contribution is 2.45. The summed E-state index contributed by atoms with van der Waals surface area (Å²) in [5, 5.41) is 20.2. The third-order valence-electron chi connectivity index (χ3n) is 5.03. The second-order valence-electron chi connectivity index (χ2n) is 6.97. The van der Waals surface area contributed by atoms with Gasteiger partial charge in [0.1, 0.15) is 29.7 Å². The molecule has 0 saturated carbocycles. The van der Waals surface area contributed by atoms with Crippen LogP contribution in [0.4, 0.5) is 0 Å². The molecule has 156 valence electrons. The van der Waals surface area contributed by atoms with E-state index in [1.807, 2.05) is 24.3 Å². The quantitative estimate of drug-likeness (QED) is 0.595. The summed E-state index contributed by atoms with van der Waals surface area (Å²) in [6.07, 6.45) is 0. The molecule has 6 nitrogen and oxygen atoms in total. The molecule has 0 aliphatic carbocycles. The van der Waals surface area contributed by atoms with Crippen molar-refractivity contribution in [1.29, 1.82) is 5.26 Å². The SMILES string of the molecule is COc1cc([C@@H]2C(C#N)=C(N)Oc3cc(O)ccc32)ccc1OCc1ccc(Cl)cc1. The van der Waals surface area contributed by atoms with Gasteiger partial charge < -0.3 is 25.1 Å². The Bertz CT molecular complexity index is 1200. The minimum atomic E-state index is -0.464. The van der Waals surface area contributed by atoms with E-state index in [-0.39, 0.29) is 17.2 Å². The Kier molecular flexibility index (Phi) is 5.61. The molecule has 3 N–H and O–H groups in total. The fourth-order valence-electron chi connectivity index (χ4n) is 3.51. The maximum absolute atomic E-state index is 9.80. The number of ether oxygens (including phenoxy) is 3. The summed E-state index contributed by atoms with van der Waals surface area (Å²) >= 11 is 5.93. The third-order valence-corrected chi connectivity index (χ3v) is 5.28. The lowest BCUT2D eigenvalue weighted by Gasteiger charge is -2.27. The fraction of sp³-hybridized carbons (Fsp3) is 0.125. The Balaban J connectivity index is 1.68. The molecular formula is C24H19ClN2O4. The van der Waals surface area contributed by atoms with Gasteiger partial charge in [-0.15, -0.1) is 0 Å². The van der Waals surface area contributed by atoms with Gasteiger partial charge in [-0.05, 0) is 41.5 Å². The van der Waals surface area contributed by atoms with Gasteiger partial charge in [-0.3, -0.25) is 0 Å². The molecule has 1 atom stereocenters. The monoisotopic (exact) mass is 434 g/mol. The number of aromatic hydroxyl groups is 1. The molecule has 0 fully saturated rings. The van der Waals surface area contributed by atoms with E-state index >= 15 is 0 Å². The highest BCUT2D eigenvalue weighted by molar-refractivity contribution is 6.30. The number of hydrogen-bond acceptors (Lipinski definition) is 6. The lowest BCUT2D eigenvalue weighted by molar-refractivity contribution is 0.284. The number of benzene rings is 3. The molecule has 0 saturated heterocycles. The zero-order valence-corrected chi connectivity index (χ0v) is 17.4. The first-order chi connectivity index (χ1) is 15.0. The molecule has 0 bridgehead atoms. The molecule has 1 heterocycles. The fourth-order valence-corrected chi connectivity index (χ4v) is 3.64. The standard InChI is InChI=1S/C24H19ClN2O4/c1-29-22-10-15(4-9-20(22)30-13-14-2-5-16(25)6-3-14)23-18-8-7-17(28)11-21(18)31-24(27)19(23)12-26/h2-11,23,28H,13,27H2,1H3/t23-/m0/s1. The zero-order valence-electron chi connectivity index (χ0n) is 16.6. The van der Waals surface area contributed by atoms with Crippen molar-refractivity contribution in [2.75, 3.05) is 7.11 Å². The van der Waals surface area contributed by atoms with Gasteiger partial charge in [0.25, 0.3) is 0 Å². The number of nitrogens with two attached hydrogens (primary N) is 1. The van der Waals surface area contributed by atoms with Crippen molar-refractivity contribution in [2.24, 2.45) is 5.73 Å². The van der Waals surface area contributed by atoms with Crippen LogP contribution in [-0.2, 0) is 6.61 Å². The van der Waals surface area contributed by atoms with E-state index in [0.717, 1.165) is 16.7 Å². The summed E-state index contributed by atoms with van der Waals surface area (Å²) in [4.78, 5) is 0. The number of nitrogens with zero attached hydrogens (tertiary/aromatic N) is 1. The van der Waals surface area contributed by atoms with Crippen LogP contribution in [0.1, 0.15) is 22.6 Å². The number of rotatable bonds is 5. The van der Waals surface area contributed by atoms with E-state index in [4.69, 9.17) is 31.5 Å². The van der Waals surface area contributed by atoms with Crippen LogP contribution in [-0.4, -0.2) is 12.2 Å². The topological polar surface area (TPSA) is 97.7 Å². The van der Waals surface area contributed by atoms with Crippen molar-refractivity contribution in [3.05, 3.63) is 93.8 Å². The second-order valence-corrected chi connectivity index (χ2v) is 7.41. The molecule has 7 heteroatoms. The molecule has 1 aliphatic rings. The van der Waals surface area contributed by atoms with Gasteiger partial charge in [0.2, 0.25) is 5.88 Å². The molecule has 0 radical (unpaired) electrons. The lowest BCUT2D eigenvalue weighted by atomic mass is 9.83. The minimum Gasteiger partial charge on any atom is -0.508 e. The van der Waals surface area contributed by atoms with Gasteiger partial charge in [0.05, 0.1) is 13.0 Å². The highest BCUT2D eigenvalue weighted by atomic mass is 35.5. The average molecular weight is 435 g/mol. The number of fused-ring (bicyclic) bond motifs is 1. The summed E-state index contributed by atoms with van der Waals surface area (Å²) in [6.45, 7) is 0.350. The Morgan fingerprint density at radius 3 is 2.58 bits per heavy atom. The van der Waals surface area contributed by atoms with Crippen molar-refractivity contribution in [2.45, 2.75) is 12.5 Å².